The quantitative estimate of drug-likeness (QED) is 0.363. The first-order valence-corrected chi connectivity index (χ1v) is 10.0. The summed E-state index contributed by atoms with van der Waals surface area (Å²) in [6, 6.07) is 8.96. The number of nitrogens with one attached hydrogen (secondary N) is 2. The zero-order valence-corrected chi connectivity index (χ0v) is 17.7. The van der Waals surface area contributed by atoms with Crippen LogP contribution in [0.15, 0.2) is 47.0 Å². The number of aryl methyl sites for hydroxylation is 1. The van der Waals surface area contributed by atoms with Crippen molar-refractivity contribution in [1.29, 1.82) is 0 Å². The molecule has 0 aliphatic carbocycles. The molecule has 11 nitrogen and oxygen atoms in total. The number of furan rings is 1. The monoisotopic (exact) mass is 441 g/mol. The second-order valence-corrected chi connectivity index (χ2v) is 6.74. The van der Waals surface area contributed by atoms with Gasteiger partial charge >= 0.3 is 5.69 Å². The van der Waals surface area contributed by atoms with E-state index in [0.717, 1.165) is 6.42 Å². The van der Waals surface area contributed by atoms with Crippen molar-refractivity contribution in [3.63, 3.8) is 0 Å². The van der Waals surface area contributed by atoms with E-state index < -0.39 is 10.8 Å². The van der Waals surface area contributed by atoms with Gasteiger partial charge in [-0.3, -0.25) is 24.4 Å². The lowest BCUT2D eigenvalue weighted by atomic mass is 10.3. The predicted octanol–water partition coefficient (Wildman–Crippen LogP) is 3.38. The van der Waals surface area contributed by atoms with Crippen molar-refractivity contribution < 1.29 is 23.7 Å². The highest BCUT2D eigenvalue weighted by atomic mass is 16.6. The molecule has 0 atom stereocenters. The largest absolute Gasteiger partial charge is 0.479 e. The van der Waals surface area contributed by atoms with Crippen molar-refractivity contribution in [1.82, 2.24) is 15.1 Å². The molecular weight excluding hydrogens is 418 g/mol. The van der Waals surface area contributed by atoms with Crippen LogP contribution in [-0.4, -0.2) is 33.1 Å². The van der Waals surface area contributed by atoms with Crippen LogP contribution in [0.5, 0.6) is 5.75 Å². The van der Waals surface area contributed by atoms with Gasteiger partial charge in [0.05, 0.1) is 10.6 Å². The van der Waals surface area contributed by atoms with Gasteiger partial charge in [-0.15, -0.1) is 0 Å². The van der Waals surface area contributed by atoms with Crippen LogP contribution < -0.4 is 15.4 Å². The Morgan fingerprint density at radius 2 is 1.97 bits per heavy atom. The summed E-state index contributed by atoms with van der Waals surface area (Å²) in [5.74, 6) is -0.558. The number of nitro groups is 1. The van der Waals surface area contributed by atoms with Crippen molar-refractivity contribution in [3.05, 3.63) is 69.9 Å². The molecule has 0 aliphatic heterocycles. The standard InChI is InChI=1S/C21H23N5O6/c1-3-11-22-21(28)19-15(12-25(4-2)24-19)23-20(27)18-10-9-14(32-18)13-31-17-8-6-5-7-16(17)26(29)30/h5-10,12H,3-4,11,13H2,1-2H3,(H,22,28)(H,23,27). The molecule has 0 saturated carbocycles. The highest BCUT2D eigenvalue weighted by molar-refractivity contribution is 6.07. The predicted molar refractivity (Wildman–Crippen MR) is 115 cm³/mol. The first-order valence-electron chi connectivity index (χ1n) is 10.0. The number of carbonyl (C=O) groups excluding carboxylic acids is 2. The van der Waals surface area contributed by atoms with Crippen LogP contribution in [0.4, 0.5) is 11.4 Å². The Labute approximate surface area is 183 Å². The summed E-state index contributed by atoms with van der Waals surface area (Å²) in [6.45, 7) is 4.71. The zero-order valence-electron chi connectivity index (χ0n) is 17.7. The number of amides is 2. The SMILES string of the molecule is CCCNC(=O)c1nn(CC)cc1NC(=O)c1ccc(COc2ccccc2[N+](=O)[O-])o1. The van der Waals surface area contributed by atoms with Gasteiger partial charge in [0.2, 0.25) is 0 Å². The molecule has 1 aromatic carbocycles. The number of hydrogen-bond acceptors (Lipinski definition) is 7. The summed E-state index contributed by atoms with van der Waals surface area (Å²) in [7, 11) is 0. The topological polar surface area (TPSA) is 142 Å². The van der Waals surface area contributed by atoms with E-state index in [1.54, 1.807) is 16.9 Å². The fraction of sp³-hybridized carbons (Fsp3) is 0.286. The van der Waals surface area contributed by atoms with Crippen molar-refractivity contribution >= 4 is 23.2 Å². The van der Waals surface area contributed by atoms with Gasteiger partial charge in [0.15, 0.2) is 17.2 Å². The van der Waals surface area contributed by atoms with E-state index in [1.165, 1.54) is 30.3 Å². The molecule has 0 radical (unpaired) electrons. The molecule has 2 N–H and O–H groups in total. The number of rotatable bonds is 10. The van der Waals surface area contributed by atoms with E-state index >= 15 is 0 Å². The zero-order chi connectivity index (χ0) is 23.1. The summed E-state index contributed by atoms with van der Waals surface area (Å²) < 4.78 is 12.5. The molecule has 0 fully saturated rings. The lowest BCUT2D eigenvalue weighted by molar-refractivity contribution is -0.386. The fourth-order valence-corrected chi connectivity index (χ4v) is 2.81. The summed E-state index contributed by atoms with van der Waals surface area (Å²) in [6.07, 6.45) is 2.34. The number of hydrogen-bond donors (Lipinski definition) is 2. The molecule has 0 unspecified atom stereocenters. The first-order chi connectivity index (χ1) is 15.4. The van der Waals surface area contributed by atoms with Crippen molar-refractivity contribution in [3.8, 4) is 5.75 Å². The molecule has 2 heterocycles. The van der Waals surface area contributed by atoms with Gasteiger partial charge in [0.25, 0.3) is 11.8 Å². The van der Waals surface area contributed by atoms with E-state index in [9.17, 15) is 19.7 Å². The first kappa shape index (κ1) is 22.5. The third-order valence-electron chi connectivity index (χ3n) is 4.40. The number of nitro benzene ring substituents is 1. The van der Waals surface area contributed by atoms with Gasteiger partial charge in [-0.25, -0.2) is 0 Å². The van der Waals surface area contributed by atoms with Gasteiger partial charge in [0, 0.05) is 25.4 Å². The van der Waals surface area contributed by atoms with Crippen molar-refractivity contribution in [2.24, 2.45) is 0 Å². The van der Waals surface area contributed by atoms with E-state index in [1.807, 2.05) is 13.8 Å². The molecule has 32 heavy (non-hydrogen) atoms. The maximum absolute atomic E-state index is 12.6. The molecule has 2 amide bonds. The maximum Gasteiger partial charge on any atom is 0.310 e. The molecule has 0 bridgehead atoms. The summed E-state index contributed by atoms with van der Waals surface area (Å²) >= 11 is 0. The number of benzene rings is 1. The van der Waals surface area contributed by atoms with E-state index in [4.69, 9.17) is 9.15 Å². The highest BCUT2D eigenvalue weighted by Gasteiger charge is 2.21. The minimum absolute atomic E-state index is 0.00433. The van der Waals surface area contributed by atoms with Crippen LogP contribution in [0.3, 0.4) is 0 Å². The average molecular weight is 441 g/mol. The van der Waals surface area contributed by atoms with Crippen LogP contribution in [0.25, 0.3) is 0 Å². The molecule has 3 rings (SSSR count). The van der Waals surface area contributed by atoms with Gasteiger partial charge in [-0.1, -0.05) is 19.1 Å². The highest BCUT2D eigenvalue weighted by Crippen LogP contribution is 2.27. The molecule has 0 saturated heterocycles. The number of anilines is 1. The Morgan fingerprint density at radius 3 is 2.69 bits per heavy atom. The van der Waals surface area contributed by atoms with Gasteiger partial charge in [0.1, 0.15) is 12.4 Å². The fourth-order valence-electron chi connectivity index (χ4n) is 2.81. The Bertz CT molecular complexity index is 1120. The number of carbonyl (C=O) groups is 2. The van der Waals surface area contributed by atoms with E-state index in [2.05, 4.69) is 15.7 Å². The van der Waals surface area contributed by atoms with Crippen LogP contribution in [0.2, 0.25) is 0 Å². The van der Waals surface area contributed by atoms with Crippen LogP contribution in [0, 0.1) is 10.1 Å². The number of nitrogens with zero attached hydrogens (tertiary/aromatic N) is 3. The minimum Gasteiger partial charge on any atom is -0.479 e. The number of ether oxygens (including phenoxy) is 1. The van der Waals surface area contributed by atoms with Gasteiger partial charge in [-0.2, -0.15) is 5.10 Å². The van der Waals surface area contributed by atoms with Gasteiger partial charge in [-0.05, 0) is 31.5 Å². The third kappa shape index (κ3) is 5.31. The van der Waals surface area contributed by atoms with Crippen LogP contribution >= 0.6 is 0 Å². The van der Waals surface area contributed by atoms with Gasteiger partial charge < -0.3 is 19.8 Å². The van der Waals surface area contributed by atoms with E-state index in [0.29, 0.717) is 18.8 Å². The number of para-hydroxylation sites is 2. The molecule has 0 aliphatic rings. The Kier molecular flexibility index (Phi) is 7.21. The average Bonchev–Trinajstić information content (AvgIpc) is 3.43. The molecule has 0 spiro atoms. The summed E-state index contributed by atoms with van der Waals surface area (Å²) in [4.78, 5) is 35.5. The van der Waals surface area contributed by atoms with Crippen molar-refractivity contribution in [2.45, 2.75) is 33.4 Å². The van der Waals surface area contributed by atoms with Crippen LogP contribution in [-0.2, 0) is 13.2 Å². The molecule has 11 heteroatoms. The maximum atomic E-state index is 12.6. The Hall–Kier alpha value is -4.15. The molecule has 168 valence electrons. The lowest BCUT2D eigenvalue weighted by Crippen LogP contribution is -2.26. The molecule has 2 aromatic heterocycles. The molecular formula is C21H23N5O6. The normalized spacial score (nSPS) is 10.6. The summed E-state index contributed by atoms with van der Waals surface area (Å²) in [5.41, 5.74) is 0.207. The van der Waals surface area contributed by atoms with E-state index in [-0.39, 0.29) is 41.1 Å². The summed E-state index contributed by atoms with van der Waals surface area (Å²) in [5, 5.41) is 20.7. The smallest absolute Gasteiger partial charge is 0.310 e. The van der Waals surface area contributed by atoms with Crippen molar-refractivity contribution in [2.75, 3.05) is 11.9 Å². The minimum atomic E-state index is -0.567. The number of aromatic nitrogens is 2. The third-order valence-corrected chi connectivity index (χ3v) is 4.40. The second-order valence-electron chi connectivity index (χ2n) is 6.74. The second kappa shape index (κ2) is 10.2. The lowest BCUT2D eigenvalue weighted by Gasteiger charge is -2.05. The molecule has 3 aromatic rings. The Morgan fingerprint density at radius 1 is 1.19 bits per heavy atom. The van der Waals surface area contributed by atoms with Crippen LogP contribution in [0.1, 0.15) is 47.1 Å². The Balaban J connectivity index is 1.68.